The van der Waals surface area contributed by atoms with E-state index in [-0.39, 0.29) is 11.6 Å². The van der Waals surface area contributed by atoms with Gasteiger partial charge in [0.2, 0.25) is 5.95 Å². The fourth-order valence-electron chi connectivity index (χ4n) is 4.28. The lowest BCUT2D eigenvalue weighted by Crippen LogP contribution is -2.44. The molecule has 0 saturated carbocycles. The van der Waals surface area contributed by atoms with Gasteiger partial charge in [-0.3, -0.25) is 9.36 Å². The molecule has 5 rings (SSSR count). The molecule has 0 radical (unpaired) electrons. The van der Waals surface area contributed by atoms with Crippen LogP contribution in [0, 0.1) is 11.8 Å². The molecule has 0 aliphatic carbocycles. The number of anilines is 1. The molecule has 1 aromatic carbocycles. The van der Waals surface area contributed by atoms with Gasteiger partial charge in [0.05, 0.1) is 31.0 Å². The van der Waals surface area contributed by atoms with Crippen molar-refractivity contribution in [3.63, 3.8) is 0 Å². The van der Waals surface area contributed by atoms with E-state index in [2.05, 4.69) is 32.0 Å². The summed E-state index contributed by atoms with van der Waals surface area (Å²) in [5, 5.41) is 13.6. The highest BCUT2D eigenvalue weighted by atomic mass is 16.1. The molecule has 1 aliphatic rings. The van der Waals surface area contributed by atoms with E-state index in [0.29, 0.717) is 30.7 Å². The molecule has 32 heavy (non-hydrogen) atoms. The van der Waals surface area contributed by atoms with Crippen LogP contribution in [0.15, 0.2) is 41.5 Å². The third kappa shape index (κ3) is 3.59. The number of nitrogens with zero attached hydrogens (tertiary/aromatic N) is 7. The van der Waals surface area contributed by atoms with Gasteiger partial charge in [0.25, 0.3) is 5.56 Å². The molecule has 1 fully saturated rings. The Morgan fingerprint density at radius 2 is 2.09 bits per heavy atom. The number of aromatic nitrogens is 6. The van der Waals surface area contributed by atoms with E-state index in [1.54, 1.807) is 19.3 Å². The normalized spacial score (nSPS) is 16.3. The summed E-state index contributed by atoms with van der Waals surface area (Å²) in [6.07, 6.45) is 5.32. The predicted octanol–water partition coefficient (Wildman–Crippen LogP) is 1.54. The van der Waals surface area contributed by atoms with E-state index >= 15 is 0 Å². The lowest BCUT2D eigenvalue weighted by molar-refractivity contribution is 0.496. The van der Waals surface area contributed by atoms with Crippen molar-refractivity contribution < 1.29 is 0 Å². The zero-order valence-corrected chi connectivity index (χ0v) is 17.9. The largest absolute Gasteiger partial charge is 0.341 e. The number of nitrogens with two attached hydrogens (primary N) is 1. The summed E-state index contributed by atoms with van der Waals surface area (Å²) in [5.74, 6) is 6.73. The van der Waals surface area contributed by atoms with E-state index in [0.717, 1.165) is 41.8 Å². The Kier molecular flexibility index (Phi) is 5.29. The third-order valence-electron chi connectivity index (χ3n) is 5.83. The van der Waals surface area contributed by atoms with Gasteiger partial charge < -0.3 is 10.6 Å². The maximum absolute atomic E-state index is 13.5. The molecule has 9 heteroatoms. The van der Waals surface area contributed by atoms with Crippen LogP contribution in [0.5, 0.6) is 0 Å². The number of imidazole rings is 1. The molecule has 2 N–H and O–H groups in total. The Balaban J connectivity index is 1.62. The van der Waals surface area contributed by atoms with E-state index in [1.165, 1.54) is 4.68 Å². The molecular weight excluding hydrogens is 404 g/mol. The Morgan fingerprint density at radius 3 is 2.94 bits per heavy atom. The van der Waals surface area contributed by atoms with Crippen LogP contribution in [0.2, 0.25) is 0 Å². The van der Waals surface area contributed by atoms with Crippen LogP contribution in [0.25, 0.3) is 21.9 Å². The first-order chi connectivity index (χ1) is 15.7. The highest BCUT2D eigenvalue weighted by Gasteiger charge is 2.24. The van der Waals surface area contributed by atoms with Gasteiger partial charge in [0, 0.05) is 30.1 Å². The minimum absolute atomic E-state index is 0.0940. The topological polar surface area (TPSA) is 108 Å². The van der Waals surface area contributed by atoms with Crippen LogP contribution < -0.4 is 16.2 Å². The van der Waals surface area contributed by atoms with Gasteiger partial charge in [0.1, 0.15) is 11.0 Å². The number of fused-ring (bicyclic) bond motifs is 2. The molecule has 0 amide bonds. The average Bonchev–Trinajstić information content (AvgIpc) is 3.19. The Hall–Kier alpha value is -3.77. The highest BCUT2D eigenvalue weighted by molar-refractivity contribution is 5.81. The van der Waals surface area contributed by atoms with E-state index in [4.69, 9.17) is 10.7 Å². The van der Waals surface area contributed by atoms with Gasteiger partial charge >= 0.3 is 0 Å². The quantitative estimate of drug-likeness (QED) is 0.491. The molecule has 1 aliphatic heterocycles. The van der Waals surface area contributed by atoms with Crippen molar-refractivity contribution >= 4 is 27.9 Å². The Bertz CT molecular complexity index is 1410. The third-order valence-corrected chi connectivity index (χ3v) is 5.83. The molecular formula is C23H24N8O. The number of hydrogen-bond donors (Lipinski definition) is 1. The van der Waals surface area contributed by atoms with E-state index < -0.39 is 0 Å². The summed E-state index contributed by atoms with van der Waals surface area (Å²) in [6.45, 7) is 4.02. The number of benzene rings is 1. The van der Waals surface area contributed by atoms with Crippen molar-refractivity contribution in [2.45, 2.75) is 38.9 Å². The Morgan fingerprint density at radius 1 is 1.22 bits per heavy atom. The average molecular weight is 429 g/mol. The van der Waals surface area contributed by atoms with Gasteiger partial charge in [-0.25, -0.2) is 9.67 Å². The highest BCUT2D eigenvalue weighted by Crippen LogP contribution is 2.23. The lowest BCUT2D eigenvalue weighted by Gasteiger charge is -2.31. The van der Waals surface area contributed by atoms with Crippen molar-refractivity contribution in [1.82, 2.24) is 29.5 Å². The smallest absolute Gasteiger partial charge is 0.293 e. The Labute approximate surface area is 184 Å². The van der Waals surface area contributed by atoms with Crippen LogP contribution >= 0.6 is 0 Å². The monoisotopic (exact) mass is 428 g/mol. The van der Waals surface area contributed by atoms with Crippen molar-refractivity contribution in [1.29, 1.82) is 0 Å². The van der Waals surface area contributed by atoms with Crippen molar-refractivity contribution in [3.05, 3.63) is 52.6 Å². The standard InChI is InChI=1S/C23H24N8O/c1-2-3-11-30-21-20(27-23(30)29-10-6-7-17(24)15-29)13-26-31(22(21)32)14-16-12-25-28-19-9-5-4-8-18(16)19/h4-5,8-9,12-13,17H,6-7,10-11,14-15,24H2,1H3. The number of piperidine rings is 1. The van der Waals surface area contributed by atoms with Crippen LogP contribution in [-0.2, 0) is 13.1 Å². The van der Waals surface area contributed by atoms with E-state index in [9.17, 15) is 4.79 Å². The van der Waals surface area contributed by atoms with E-state index in [1.807, 2.05) is 28.8 Å². The van der Waals surface area contributed by atoms with Crippen molar-refractivity contribution in [3.8, 4) is 11.8 Å². The first kappa shape index (κ1) is 20.2. The molecule has 162 valence electrons. The molecule has 4 aromatic rings. The van der Waals surface area contributed by atoms with Gasteiger partial charge in [0.15, 0.2) is 0 Å². The summed E-state index contributed by atoms with van der Waals surface area (Å²) >= 11 is 0. The zero-order chi connectivity index (χ0) is 22.1. The SMILES string of the molecule is CC#CCn1c(N2CCCC(N)C2)nc2cnn(Cc3cnnc4ccccc34)c(=O)c21. The minimum atomic E-state index is -0.207. The fraction of sp³-hybridized carbons (Fsp3) is 0.348. The fourth-order valence-corrected chi connectivity index (χ4v) is 4.28. The first-order valence-corrected chi connectivity index (χ1v) is 10.7. The maximum atomic E-state index is 13.5. The second-order valence-electron chi connectivity index (χ2n) is 8.00. The summed E-state index contributed by atoms with van der Waals surface area (Å²) in [6, 6.07) is 7.83. The van der Waals surface area contributed by atoms with Crippen LogP contribution in [0.1, 0.15) is 25.3 Å². The summed E-state index contributed by atoms with van der Waals surface area (Å²) < 4.78 is 3.35. The van der Waals surface area contributed by atoms with Gasteiger partial charge in [-0.2, -0.15) is 15.3 Å². The molecule has 0 bridgehead atoms. The molecule has 3 aromatic heterocycles. The van der Waals surface area contributed by atoms with Gasteiger partial charge in [-0.05, 0) is 25.8 Å². The second-order valence-corrected chi connectivity index (χ2v) is 8.00. The first-order valence-electron chi connectivity index (χ1n) is 10.7. The molecule has 9 nitrogen and oxygen atoms in total. The van der Waals surface area contributed by atoms with Crippen molar-refractivity contribution in [2.75, 3.05) is 18.0 Å². The predicted molar refractivity (Wildman–Crippen MR) is 123 cm³/mol. The summed E-state index contributed by atoms with van der Waals surface area (Å²) in [7, 11) is 0. The summed E-state index contributed by atoms with van der Waals surface area (Å²) in [4.78, 5) is 20.4. The number of rotatable bonds is 4. The maximum Gasteiger partial charge on any atom is 0.293 e. The van der Waals surface area contributed by atoms with Crippen LogP contribution in [-0.4, -0.2) is 48.7 Å². The van der Waals surface area contributed by atoms with Crippen molar-refractivity contribution in [2.24, 2.45) is 5.73 Å². The van der Waals surface area contributed by atoms with Gasteiger partial charge in [-0.15, -0.1) is 5.92 Å². The molecule has 1 unspecified atom stereocenters. The number of hydrogen-bond acceptors (Lipinski definition) is 7. The molecule has 0 spiro atoms. The molecule has 4 heterocycles. The zero-order valence-electron chi connectivity index (χ0n) is 17.9. The van der Waals surface area contributed by atoms with Crippen LogP contribution in [0.4, 0.5) is 5.95 Å². The van der Waals surface area contributed by atoms with Gasteiger partial charge in [-0.1, -0.05) is 24.1 Å². The molecule has 1 atom stereocenters. The molecule has 1 saturated heterocycles. The minimum Gasteiger partial charge on any atom is -0.341 e. The lowest BCUT2D eigenvalue weighted by atomic mass is 10.1. The second kappa shape index (κ2) is 8.40. The summed E-state index contributed by atoms with van der Waals surface area (Å²) in [5.41, 5.74) is 8.72. The van der Waals surface area contributed by atoms with Crippen LogP contribution in [0.3, 0.4) is 0 Å².